The van der Waals surface area contributed by atoms with E-state index in [1.165, 1.54) is 18.2 Å². The molecular formula is C23H27NO8. The van der Waals surface area contributed by atoms with E-state index in [1.54, 1.807) is 21.3 Å². The van der Waals surface area contributed by atoms with E-state index >= 15 is 0 Å². The number of fused-ring (bicyclic) bond motifs is 4. The predicted molar refractivity (Wildman–Crippen MR) is 116 cm³/mol. The number of rotatable bonds is 4. The topological polar surface area (TPSA) is 94.0 Å². The molecule has 1 aliphatic carbocycles. The van der Waals surface area contributed by atoms with E-state index in [4.69, 9.17) is 33.3 Å². The maximum absolute atomic E-state index is 8.95. The Kier molecular flexibility index (Phi) is 8.02. The molecule has 0 radical (unpaired) electrons. The minimum atomic E-state index is 0.324. The third-order valence-corrected chi connectivity index (χ3v) is 5.14. The molecule has 0 fully saturated rings. The summed E-state index contributed by atoms with van der Waals surface area (Å²) in [4.78, 5) is 14.1. The number of carbonyl (C=O) groups is 1. The monoisotopic (exact) mass is 445 g/mol. The van der Waals surface area contributed by atoms with Gasteiger partial charge >= 0.3 is 0 Å². The van der Waals surface area contributed by atoms with E-state index in [0.29, 0.717) is 36.4 Å². The molecule has 9 heteroatoms. The van der Waals surface area contributed by atoms with Gasteiger partial charge in [-0.15, -0.1) is 0 Å². The van der Waals surface area contributed by atoms with Gasteiger partial charge in [0.2, 0.25) is 12.5 Å². The molecule has 0 amide bonds. The molecule has 1 unspecified atom stereocenters. The average molecular weight is 445 g/mol. The first-order valence-corrected chi connectivity index (χ1v) is 10.0. The largest absolute Gasteiger partial charge is 0.493 e. The van der Waals surface area contributed by atoms with E-state index in [9.17, 15) is 0 Å². The molecule has 9 nitrogen and oxygen atoms in total. The number of methoxy groups -OCH3 is 4. The van der Waals surface area contributed by atoms with E-state index in [0.717, 1.165) is 36.7 Å². The van der Waals surface area contributed by atoms with Crippen molar-refractivity contribution in [2.75, 3.05) is 41.8 Å². The van der Waals surface area contributed by atoms with Gasteiger partial charge in [0, 0.05) is 11.5 Å². The second kappa shape index (κ2) is 11.1. The second-order valence-corrected chi connectivity index (χ2v) is 6.90. The van der Waals surface area contributed by atoms with Crippen LogP contribution in [0.5, 0.6) is 28.7 Å². The summed E-state index contributed by atoms with van der Waals surface area (Å²) >= 11 is 0. The number of para-hydroxylation sites is 1. The molecule has 172 valence electrons. The Balaban J connectivity index is 0.000000161. The van der Waals surface area contributed by atoms with E-state index in [1.807, 2.05) is 24.3 Å². The quantitative estimate of drug-likeness (QED) is 0.663. The zero-order valence-electron chi connectivity index (χ0n) is 18.6. The fraction of sp³-hybridized carbons (Fsp3) is 0.391. The fourth-order valence-electron chi connectivity index (χ4n) is 3.62. The lowest BCUT2D eigenvalue weighted by atomic mass is 9.83. The maximum Gasteiger partial charge on any atom is 0.292 e. The van der Waals surface area contributed by atoms with Crippen molar-refractivity contribution in [3.8, 4) is 28.7 Å². The van der Waals surface area contributed by atoms with Gasteiger partial charge in [-0.05, 0) is 42.7 Å². The fourth-order valence-corrected chi connectivity index (χ4v) is 3.62. The standard InChI is InChI=1S/C12H11NO3.C9H12O3.C2H4O2/c1-2-8-5-16-13-12(8)9-4-11-10(3-7(1)9)14-6-15-11;1-10-7-5-4-6-8(11-2)9(7)12-3;1-4-2-3/h3-4,8H,1-2,5-6H2;4-6H,1-3H3;2H,1H3. The Bertz CT molecular complexity index is 937. The molecular weight excluding hydrogens is 418 g/mol. The zero-order valence-corrected chi connectivity index (χ0v) is 18.6. The van der Waals surface area contributed by atoms with Gasteiger partial charge in [-0.3, -0.25) is 4.79 Å². The Morgan fingerprint density at radius 2 is 1.66 bits per heavy atom. The van der Waals surface area contributed by atoms with Crippen molar-refractivity contribution in [1.82, 2.24) is 0 Å². The molecule has 2 aromatic rings. The van der Waals surface area contributed by atoms with Crippen molar-refractivity contribution in [3.63, 3.8) is 0 Å². The molecule has 0 spiro atoms. The number of ether oxygens (including phenoxy) is 6. The summed E-state index contributed by atoms with van der Waals surface area (Å²) in [6.45, 7) is 1.42. The lowest BCUT2D eigenvalue weighted by Crippen LogP contribution is -2.22. The van der Waals surface area contributed by atoms with Crippen molar-refractivity contribution < 1.29 is 38.1 Å². The predicted octanol–water partition coefficient (Wildman–Crippen LogP) is 3.21. The van der Waals surface area contributed by atoms with Crippen LogP contribution >= 0.6 is 0 Å². The van der Waals surface area contributed by atoms with Crippen molar-refractivity contribution in [3.05, 3.63) is 41.5 Å². The molecule has 5 rings (SSSR count). The van der Waals surface area contributed by atoms with E-state index in [-0.39, 0.29) is 0 Å². The van der Waals surface area contributed by atoms with Crippen molar-refractivity contribution in [2.45, 2.75) is 12.8 Å². The summed E-state index contributed by atoms with van der Waals surface area (Å²) in [6.07, 6.45) is 2.19. The van der Waals surface area contributed by atoms with Crippen LogP contribution in [-0.2, 0) is 20.8 Å². The Hall–Kier alpha value is -3.62. The summed E-state index contributed by atoms with van der Waals surface area (Å²) in [5.41, 5.74) is 3.56. The summed E-state index contributed by atoms with van der Waals surface area (Å²) in [5, 5.41) is 4.14. The SMILES string of the molecule is COC=O.COc1cccc(OC)c1OC.c1c2c(cc3c1OCO3)C1=NOCC1CC2. The van der Waals surface area contributed by atoms with Crippen LogP contribution in [0.3, 0.4) is 0 Å². The number of nitrogens with zero attached hydrogens (tertiary/aromatic N) is 1. The molecule has 0 saturated heterocycles. The van der Waals surface area contributed by atoms with Gasteiger partial charge in [-0.2, -0.15) is 0 Å². The van der Waals surface area contributed by atoms with Crippen LogP contribution in [0.1, 0.15) is 17.5 Å². The molecule has 2 aromatic carbocycles. The number of hydrogen-bond acceptors (Lipinski definition) is 9. The number of aryl methyl sites for hydroxylation is 1. The second-order valence-electron chi connectivity index (χ2n) is 6.90. The Labute approximate surface area is 186 Å². The van der Waals surface area contributed by atoms with Gasteiger partial charge in [0.15, 0.2) is 23.0 Å². The molecule has 1 atom stereocenters. The number of oxime groups is 1. The normalized spacial score (nSPS) is 16.4. The highest BCUT2D eigenvalue weighted by molar-refractivity contribution is 6.05. The van der Waals surface area contributed by atoms with E-state index in [2.05, 4.69) is 16.0 Å². The van der Waals surface area contributed by atoms with Crippen LogP contribution in [0.25, 0.3) is 0 Å². The summed E-state index contributed by atoms with van der Waals surface area (Å²) in [5.74, 6) is 4.13. The highest BCUT2D eigenvalue weighted by Gasteiger charge is 2.32. The number of hydrogen-bond donors (Lipinski definition) is 0. The van der Waals surface area contributed by atoms with Gasteiger partial charge in [-0.1, -0.05) is 11.2 Å². The minimum Gasteiger partial charge on any atom is -0.493 e. The molecule has 32 heavy (non-hydrogen) atoms. The minimum absolute atomic E-state index is 0.324. The summed E-state index contributed by atoms with van der Waals surface area (Å²) in [7, 11) is 6.09. The molecule has 0 aromatic heterocycles. The van der Waals surface area contributed by atoms with Gasteiger partial charge in [0.25, 0.3) is 6.47 Å². The highest BCUT2D eigenvalue weighted by atomic mass is 16.7. The van der Waals surface area contributed by atoms with Gasteiger partial charge in [-0.25, -0.2) is 0 Å². The molecule has 2 heterocycles. The van der Waals surface area contributed by atoms with Crippen LogP contribution in [0, 0.1) is 5.92 Å². The lowest BCUT2D eigenvalue weighted by molar-refractivity contribution is -0.126. The van der Waals surface area contributed by atoms with Crippen LogP contribution in [0.2, 0.25) is 0 Å². The first-order chi connectivity index (χ1) is 15.7. The molecule has 0 N–H and O–H groups in total. The molecule has 3 aliphatic rings. The van der Waals surface area contributed by atoms with Gasteiger partial charge in [0.1, 0.15) is 6.61 Å². The number of carbonyl (C=O) groups excluding carboxylic acids is 1. The third-order valence-electron chi connectivity index (χ3n) is 5.14. The van der Waals surface area contributed by atoms with Crippen LogP contribution in [0.4, 0.5) is 0 Å². The molecule has 2 aliphatic heterocycles. The summed E-state index contributed by atoms with van der Waals surface area (Å²) in [6, 6.07) is 9.61. The van der Waals surface area contributed by atoms with Crippen molar-refractivity contribution in [1.29, 1.82) is 0 Å². The van der Waals surface area contributed by atoms with Crippen LogP contribution in [-0.4, -0.2) is 54.0 Å². The van der Waals surface area contributed by atoms with Crippen LogP contribution < -0.4 is 23.7 Å². The van der Waals surface area contributed by atoms with Gasteiger partial charge in [0.05, 0.1) is 34.2 Å². The van der Waals surface area contributed by atoms with Gasteiger partial charge < -0.3 is 33.3 Å². The molecule has 0 bridgehead atoms. The lowest BCUT2D eigenvalue weighted by Gasteiger charge is -2.20. The Morgan fingerprint density at radius 1 is 1.00 bits per heavy atom. The van der Waals surface area contributed by atoms with Crippen molar-refractivity contribution >= 4 is 12.2 Å². The third kappa shape index (κ3) is 4.99. The first kappa shape index (κ1) is 23.1. The average Bonchev–Trinajstić information content (AvgIpc) is 3.51. The van der Waals surface area contributed by atoms with E-state index < -0.39 is 0 Å². The Morgan fingerprint density at radius 3 is 2.25 bits per heavy atom. The first-order valence-electron chi connectivity index (χ1n) is 10.0. The zero-order chi connectivity index (χ0) is 22.9. The number of benzene rings is 2. The summed E-state index contributed by atoms with van der Waals surface area (Å²) < 4.78 is 29.9. The maximum atomic E-state index is 8.95. The molecule has 0 saturated carbocycles. The van der Waals surface area contributed by atoms with Crippen LogP contribution in [0.15, 0.2) is 35.5 Å². The van der Waals surface area contributed by atoms with Crippen molar-refractivity contribution in [2.24, 2.45) is 11.1 Å². The smallest absolute Gasteiger partial charge is 0.292 e. The highest BCUT2D eigenvalue weighted by Crippen LogP contribution is 2.39.